The molecule has 2 rings (SSSR count). The largest absolute Gasteiger partial charge is 0.352 e. The first-order valence-electron chi connectivity index (χ1n) is 8.73. The van der Waals surface area contributed by atoms with E-state index >= 15 is 0 Å². The van der Waals surface area contributed by atoms with E-state index in [1.807, 2.05) is 24.3 Å². The highest BCUT2D eigenvalue weighted by Crippen LogP contribution is 2.16. The molecule has 4 nitrogen and oxygen atoms in total. The molecule has 5 heteroatoms. The molecule has 0 amide bonds. The monoisotopic (exact) mass is 402 g/mol. The van der Waals surface area contributed by atoms with Crippen LogP contribution in [0, 0.1) is 0 Å². The summed E-state index contributed by atoms with van der Waals surface area (Å²) < 4.78 is 3.31. The Morgan fingerprint density at radius 2 is 1.80 bits per heavy atom. The van der Waals surface area contributed by atoms with Crippen LogP contribution in [-0.2, 0) is 13.0 Å². The molecular formula is C20H27BrN4. The number of hydrogen-bond donors (Lipinski definition) is 1. The van der Waals surface area contributed by atoms with Gasteiger partial charge in [-0.05, 0) is 57.9 Å². The molecule has 0 aliphatic rings. The molecule has 25 heavy (non-hydrogen) atoms. The van der Waals surface area contributed by atoms with Gasteiger partial charge < -0.3 is 9.88 Å². The number of nitrogens with one attached hydrogen (secondary N) is 1. The number of rotatable bonds is 5. The van der Waals surface area contributed by atoms with Gasteiger partial charge >= 0.3 is 0 Å². The summed E-state index contributed by atoms with van der Waals surface area (Å²) in [7, 11) is 0. The first-order chi connectivity index (χ1) is 12.0. The Morgan fingerprint density at radius 1 is 1.08 bits per heavy atom. The molecule has 1 N–H and O–H groups in total. The van der Waals surface area contributed by atoms with Crippen LogP contribution in [0.15, 0.2) is 63.1 Å². The van der Waals surface area contributed by atoms with E-state index in [-0.39, 0.29) is 6.04 Å². The predicted octanol–water partition coefficient (Wildman–Crippen LogP) is 4.16. The van der Waals surface area contributed by atoms with Gasteiger partial charge in [0.15, 0.2) is 0 Å². The van der Waals surface area contributed by atoms with E-state index in [1.165, 1.54) is 5.56 Å². The SMILES string of the molecule is CC(C)N=C(/N=c1\ccccn1CCc1ccccc1Br)NC(C)C. The lowest BCUT2D eigenvalue weighted by Crippen LogP contribution is -2.33. The van der Waals surface area contributed by atoms with E-state index < -0.39 is 0 Å². The van der Waals surface area contributed by atoms with Gasteiger partial charge in [-0.2, -0.15) is 4.99 Å². The van der Waals surface area contributed by atoms with Crippen molar-refractivity contribution in [2.45, 2.75) is 52.7 Å². The zero-order valence-corrected chi connectivity index (χ0v) is 17.0. The lowest BCUT2D eigenvalue weighted by atomic mass is 10.1. The Balaban J connectivity index is 2.28. The second-order valence-electron chi connectivity index (χ2n) is 6.55. The molecule has 0 aliphatic carbocycles. The minimum absolute atomic E-state index is 0.197. The van der Waals surface area contributed by atoms with E-state index in [0.717, 1.165) is 22.9 Å². The summed E-state index contributed by atoms with van der Waals surface area (Å²) in [6, 6.07) is 14.9. The fourth-order valence-corrected chi connectivity index (χ4v) is 2.89. The van der Waals surface area contributed by atoms with Crippen LogP contribution in [0.2, 0.25) is 0 Å². The maximum Gasteiger partial charge on any atom is 0.220 e. The normalized spacial score (nSPS) is 12.9. The summed E-state index contributed by atoms with van der Waals surface area (Å²) >= 11 is 3.62. The number of nitrogens with zero attached hydrogens (tertiary/aromatic N) is 3. The molecule has 2 aromatic rings. The van der Waals surface area contributed by atoms with Crippen molar-refractivity contribution in [3.63, 3.8) is 0 Å². The van der Waals surface area contributed by atoms with Crippen molar-refractivity contribution in [2.75, 3.05) is 0 Å². The number of halogens is 1. The van der Waals surface area contributed by atoms with Crippen LogP contribution >= 0.6 is 15.9 Å². The number of aryl methyl sites for hydroxylation is 2. The average molecular weight is 403 g/mol. The summed E-state index contributed by atoms with van der Waals surface area (Å²) in [5.74, 6) is 0.686. The Bertz CT molecular complexity index is 775. The molecule has 0 unspecified atom stereocenters. The lowest BCUT2D eigenvalue weighted by Gasteiger charge is -2.12. The molecule has 0 saturated carbocycles. The van der Waals surface area contributed by atoms with Crippen molar-refractivity contribution in [2.24, 2.45) is 9.98 Å². The molecule has 0 bridgehead atoms. The van der Waals surface area contributed by atoms with Crippen molar-refractivity contribution >= 4 is 21.9 Å². The summed E-state index contributed by atoms with van der Waals surface area (Å²) in [5, 5.41) is 3.33. The van der Waals surface area contributed by atoms with Crippen LogP contribution in [0.5, 0.6) is 0 Å². The zero-order chi connectivity index (χ0) is 18.2. The number of aromatic nitrogens is 1. The zero-order valence-electron chi connectivity index (χ0n) is 15.4. The minimum Gasteiger partial charge on any atom is -0.352 e. The van der Waals surface area contributed by atoms with Gasteiger partial charge in [0.1, 0.15) is 5.49 Å². The quantitative estimate of drug-likeness (QED) is 0.591. The Labute approximate surface area is 158 Å². The van der Waals surface area contributed by atoms with Gasteiger partial charge in [-0.3, -0.25) is 0 Å². The van der Waals surface area contributed by atoms with Crippen molar-refractivity contribution < 1.29 is 0 Å². The molecule has 1 aromatic heterocycles. The number of aliphatic imine (C=N–C) groups is 1. The van der Waals surface area contributed by atoms with E-state index in [0.29, 0.717) is 12.0 Å². The first-order valence-corrected chi connectivity index (χ1v) is 9.53. The fourth-order valence-electron chi connectivity index (χ4n) is 2.41. The molecule has 0 atom stereocenters. The second kappa shape index (κ2) is 9.56. The van der Waals surface area contributed by atoms with Crippen molar-refractivity contribution in [3.05, 3.63) is 64.2 Å². The molecule has 1 aromatic carbocycles. The average Bonchev–Trinajstić information content (AvgIpc) is 2.54. The predicted molar refractivity (Wildman–Crippen MR) is 109 cm³/mol. The summed E-state index contributed by atoms with van der Waals surface area (Å²) in [5.41, 5.74) is 2.20. The van der Waals surface area contributed by atoms with Crippen molar-refractivity contribution in [3.8, 4) is 0 Å². The van der Waals surface area contributed by atoms with Gasteiger partial charge in [-0.15, -0.1) is 0 Å². The molecule has 0 radical (unpaired) electrons. The minimum atomic E-state index is 0.197. The van der Waals surface area contributed by atoms with Gasteiger partial charge in [-0.1, -0.05) is 40.2 Å². The van der Waals surface area contributed by atoms with Crippen molar-refractivity contribution in [1.82, 2.24) is 9.88 Å². The van der Waals surface area contributed by atoms with E-state index in [1.54, 1.807) is 0 Å². The van der Waals surface area contributed by atoms with Crippen LogP contribution < -0.4 is 10.8 Å². The van der Waals surface area contributed by atoms with E-state index in [9.17, 15) is 0 Å². The molecule has 134 valence electrons. The van der Waals surface area contributed by atoms with Crippen LogP contribution in [0.4, 0.5) is 0 Å². The number of benzene rings is 1. The van der Waals surface area contributed by atoms with Gasteiger partial charge in [0.25, 0.3) is 0 Å². The molecular weight excluding hydrogens is 376 g/mol. The summed E-state index contributed by atoms with van der Waals surface area (Å²) in [4.78, 5) is 9.37. The highest BCUT2D eigenvalue weighted by molar-refractivity contribution is 9.10. The summed E-state index contributed by atoms with van der Waals surface area (Å²) in [6.07, 6.45) is 3.00. The number of hydrogen-bond acceptors (Lipinski definition) is 1. The fraction of sp³-hybridized carbons (Fsp3) is 0.400. The van der Waals surface area contributed by atoms with Gasteiger partial charge in [-0.25, -0.2) is 4.99 Å². The number of guanidine groups is 1. The van der Waals surface area contributed by atoms with Crippen LogP contribution in [0.25, 0.3) is 0 Å². The molecule has 0 saturated heterocycles. The van der Waals surface area contributed by atoms with Crippen LogP contribution in [0.3, 0.4) is 0 Å². The second-order valence-corrected chi connectivity index (χ2v) is 7.41. The Hall–Kier alpha value is -1.88. The maximum absolute atomic E-state index is 4.76. The molecule has 1 heterocycles. The topological polar surface area (TPSA) is 41.7 Å². The summed E-state index contributed by atoms with van der Waals surface area (Å²) in [6.45, 7) is 9.17. The molecule has 0 aliphatic heterocycles. The number of pyridine rings is 1. The van der Waals surface area contributed by atoms with Crippen LogP contribution in [0.1, 0.15) is 33.3 Å². The van der Waals surface area contributed by atoms with E-state index in [4.69, 9.17) is 4.99 Å². The highest BCUT2D eigenvalue weighted by Gasteiger charge is 2.03. The smallest absolute Gasteiger partial charge is 0.220 e. The highest BCUT2D eigenvalue weighted by atomic mass is 79.9. The first kappa shape index (κ1) is 19.4. The van der Waals surface area contributed by atoms with Crippen molar-refractivity contribution in [1.29, 1.82) is 0 Å². The molecule has 0 fully saturated rings. The van der Waals surface area contributed by atoms with Crippen LogP contribution in [-0.4, -0.2) is 22.6 Å². The standard InChI is InChI=1S/C20H27BrN4/c1-15(2)22-20(23-16(3)4)24-19-11-7-8-13-25(19)14-12-17-9-5-6-10-18(17)21/h5-11,13,15-16H,12,14H2,1-4H3,(H,22,23)/b24-19+. The van der Waals surface area contributed by atoms with Gasteiger partial charge in [0, 0.05) is 29.3 Å². The third-order valence-electron chi connectivity index (χ3n) is 3.52. The Morgan fingerprint density at radius 3 is 2.48 bits per heavy atom. The third kappa shape index (κ3) is 6.50. The lowest BCUT2D eigenvalue weighted by molar-refractivity contribution is 0.654. The van der Waals surface area contributed by atoms with Gasteiger partial charge in [0.05, 0.1) is 0 Å². The molecule has 0 spiro atoms. The Kier molecular flexibility index (Phi) is 7.44. The maximum atomic E-state index is 4.76. The van der Waals surface area contributed by atoms with E-state index in [2.05, 4.69) is 82.9 Å². The van der Waals surface area contributed by atoms with Gasteiger partial charge in [0.2, 0.25) is 5.96 Å². The third-order valence-corrected chi connectivity index (χ3v) is 4.29.